The molecule has 1 aromatic heterocycles. The van der Waals surface area contributed by atoms with Gasteiger partial charge in [0.25, 0.3) is 5.91 Å². The van der Waals surface area contributed by atoms with Gasteiger partial charge in [-0.3, -0.25) is 4.79 Å². The van der Waals surface area contributed by atoms with E-state index in [-0.39, 0.29) is 5.91 Å². The Hall–Kier alpha value is -1.69. The zero-order chi connectivity index (χ0) is 16.8. The molecule has 1 aromatic carbocycles. The van der Waals surface area contributed by atoms with Gasteiger partial charge in [-0.2, -0.15) is 11.3 Å². The number of hydrogen-bond donors (Lipinski definition) is 2. The Balaban J connectivity index is 1.53. The maximum Gasteiger partial charge on any atom is 0.255 e. The fourth-order valence-corrected chi connectivity index (χ4v) is 3.83. The summed E-state index contributed by atoms with van der Waals surface area (Å²) in [5, 5.41) is 18.1. The Morgan fingerprint density at radius 2 is 2.04 bits per heavy atom. The van der Waals surface area contributed by atoms with E-state index in [1.165, 1.54) is 11.1 Å². The molecule has 2 heterocycles. The fraction of sp³-hybridized carbons (Fsp3) is 0.421. The largest absolute Gasteiger partial charge is 0.379 e. The van der Waals surface area contributed by atoms with Crippen molar-refractivity contribution in [2.75, 3.05) is 19.6 Å². The van der Waals surface area contributed by atoms with Crippen LogP contribution in [0, 0.1) is 0 Å². The summed E-state index contributed by atoms with van der Waals surface area (Å²) in [5.41, 5.74) is 1.13. The smallest absolute Gasteiger partial charge is 0.255 e. The number of thiophene rings is 1. The highest BCUT2D eigenvalue weighted by atomic mass is 32.1. The minimum atomic E-state index is -1.27. The van der Waals surface area contributed by atoms with E-state index in [9.17, 15) is 9.90 Å². The molecular weight excluding hydrogens is 320 g/mol. The number of amides is 1. The SMILES string of the molecule is O=C1N(CCc2ccccc2)CCC[C@]1(O)CNCc1ccsc1. The van der Waals surface area contributed by atoms with Crippen molar-refractivity contribution in [2.24, 2.45) is 0 Å². The third-order valence-electron chi connectivity index (χ3n) is 4.54. The van der Waals surface area contributed by atoms with Crippen molar-refractivity contribution in [3.8, 4) is 0 Å². The number of carbonyl (C=O) groups is 1. The van der Waals surface area contributed by atoms with Gasteiger partial charge in [-0.05, 0) is 47.2 Å². The molecule has 0 saturated carbocycles. The predicted molar refractivity (Wildman–Crippen MR) is 96.9 cm³/mol. The lowest BCUT2D eigenvalue weighted by molar-refractivity contribution is -0.156. The van der Waals surface area contributed by atoms with Gasteiger partial charge < -0.3 is 15.3 Å². The summed E-state index contributed by atoms with van der Waals surface area (Å²) in [7, 11) is 0. The highest BCUT2D eigenvalue weighted by molar-refractivity contribution is 7.07. The molecule has 1 aliphatic rings. The molecule has 1 saturated heterocycles. The molecule has 3 rings (SSSR count). The fourth-order valence-electron chi connectivity index (χ4n) is 3.16. The standard InChI is InChI=1S/C19H24N2O2S/c22-18-19(23,15-20-13-17-8-12-24-14-17)9-4-10-21(18)11-7-16-5-2-1-3-6-16/h1-3,5-6,8,12,14,20,23H,4,7,9-11,13,15H2/t19-/m0/s1. The first-order valence-corrected chi connectivity index (χ1v) is 9.39. The van der Waals surface area contributed by atoms with Gasteiger partial charge in [0.1, 0.15) is 0 Å². The van der Waals surface area contributed by atoms with E-state index in [4.69, 9.17) is 0 Å². The number of carbonyl (C=O) groups excluding carboxylic acids is 1. The first-order chi connectivity index (χ1) is 11.7. The summed E-state index contributed by atoms with van der Waals surface area (Å²) in [4.78, 5) is 14.5. The van der Waals surface area contributed by atoms with Crippen LogP contribution >= 0.6 is 11.3 Å². The van der Waals surface area contributed by atoms with Gasteiger partial charge in [0.2, 0.25) is 0 Å². The average Bonchev–Trinajstić information content (AvgIpc) is 3.11. The second kappa shape index (κ2) is 7.92. The topological polar surface area (TPSA) is 52.6 Å². The second-order valence-electron chi connectivity index (χ2n) is 6.40. The first-order valence-electron chi connectivity index (χ1n) is 8.45. The Morgan fingerprint density at radius 3 is 2.79 bits per heavy atom. The molecule has 1 atom stereocenters. The van der Waals surface area contributed by atoms with Crippen LogP contribution in [0.3, 0.4) is 0 Å². The van der Waals surface area contributed by atoms with Crippen molar-refractivity contribution >= 4 is 17.2 Å². The van der Waals surface area contributed by atoms with Crippen LogP contribution < -0.4 is 5.32 Å². The zero-order valence-electron chi connectivity index (χ0n) is 13.8. The van der Waals surface area contributed by atoms with Gasteiger partial charge in [0, 0.05) is 26.2 Å². The van der Waals surface area contributed by atoms with Crippen molar-refractivity contribution in [3.05, 3.63) is 58.3 Å². The first kappa shape index (κ1) is 17.1. The van der Waals surface area contributed by atoms with Crippen LogP contribution in [-0.4, -0.2) is 41.1 Å². The van der Waals surface area contributed by atoms with Crippen LogP contribution in [-0.2, 0) is 17.8 Å². The van der Waals surface area contributed by atoms with Crippen molar-refractivity contribution in [2.45, 2.75) is 31.4 Å². The van der Waals surface area contributed by atoms with Crippen LogP contribution in [0.25, 0.3) is 0 Å². The van der Waals surface area contributed by atoms with Gasteiger partial charge in [-0.25, -0.2) is 0 Å². The Bertz CT molecular complexity index is 645. The number of rotatable bonds is 7. The minimum absolute atomic E-state index is 0.137. The number of benzene rings is 1. The monoisotopic (exact) mass is 344 g/mol. The van der Waals surface area contributed by atoms with Gasteiger partial charge >= 0.3 is 0 Å². The second-order valence-corrected chi connectivity index (χ2v) is 7.18. The maximum atomic E-state index is 12.7. The molecule has 0 spiro atoms. The molecule has 2 N–H and O–H groups in total. The zero-order valence-corrected chi connectivity index (χ0v) is 14.6. The number of nitrogens with one attached hydrogen (secondary N) is 1. The third-order valence-corrected chi connectivity index (χ3v) is 5.28. The maximum absolute atomic E-state index is 12.7. The molecule has 0 bridgehead atoms. The van der Waals surface area contributed by atoms with Crippen LogP contribution in [0.1, 0.15) is 24.0 Å². The van der Waals surface area contributed by atoms with E-state index in [2.05, 4.69) is 28.9 Å². The molecule has 4 nitrogen and oxygen atoms in total. The Kier molecular flexibility index (Phi) is 5.66. The number of piperidine rings is 1. The molecule has 5 heteroatoms. The van der Waals surface area contributed by atoms with Crippen LogP contribution in [0.15, 0.2) is 47.2 Å². The lowest BCUT2D eigenvalue weighted by Crippen LogP contribution is -2.58. The van der Waals surface area contributed by atoms with Crippen molar-refractivity contribution in [3.63, 3.8) is 0 Å². The van der Waals surface area contributed by atoms with Crippen LogP contribution in [0.4, 0.5) is 0 Å². The van der Waals surface area contributed by atoms with E-state index in [0.29, 0.717) is 26.1 Å². The van der Waals surface area contributed by atoms with E-state index in [1.54, 1.807) is 11.3 Å². The number of aliphatic hydroxyl groups is 1. The molecule has 0 unspecified atom stereocenters. The number of nitrogens with zero attached hydrogens (tertiary/aromatic N) is 1. The number of likely N-dealkylation sites (tertiary alicyclic amines) is 1. The van der Waals surface area contributed by atoms with Crippen LogP contribution in [0.5, 0.6) is 0 Å². The molecule has 2 aromatic rings. The lowest BCUT2D eigenvalue weighted by atomic mass is 9.91. The molecule has 0 radical (unpaired) electrons. The molecule has 1 amide bonds. The van der Waals surface area contributed by atoms with Gasteiger partial charge in [0.15, 0.2) is 5.60 Å². The highest BCUT2D eigenvalue weighted by Gasteiger charge is 2.41. The van der Waals surface area contributed by atoms with Crippen molar-refractivity contribution in [1.82, 2.24) is 10.2 Å². The summed E-state index contributed by atoms with van der Waals surface area (Å²) >= 11 is 1.65. The minimum Gasteiger partial charge on any atom is -0.379 e. The van der Waals surface area contributed by atoms with Gasteiger partial charge in [-0.15, -0.1) is 0 Å². The summed E-state index contributed by atoms with van der Waals surface area (Å²) in [5.74, 6) is -0.137. The van der Waals surface area contributed by atoms with Crippen molar-refractivity contribution < 1.29 is 9.90 Å². The van der Waals surface area contributed by atoms with E-state index in [0.717, 1.165) is 19.4 Å². The molecule has 1 aliphatic heterocycles. The lowest BCUT2D eigenvalue weighted by Gasteiger charge is -2.38. The molecule has 0 aliphatic carbocycles. The Morgan fingerprint density at radius 1 is 1.21 bits per heavy atom. The molecule has 1 fully saturated rings. The highest BCUT2D eigenvalue weighted by Crippen LogP contribution is 2.22. The van der Waals surface area contributed by atoms with E-state index in [1.807, 2.05) is 28.5 Å². The van der Waals surface area contributed by atoms with E-state index >= 15 is 0 Å². The summed E-state index contributed by atoms with van der Waals surface area (Å²) in [6.45, 7) is 2.39. The molecule has 128 valence electrons. The van der Waals surface area contributed by atoms with Gasteiger partial charge in [0.05, 0.1) is 0 Å². The third kappa shape index (κ3) is 4.23. The van der Waals surface area contributed by atoms with E-state index < -0.39 is 5.60 Å². The normalized spacial score (nSPS) is 21.2. The summed E-state index contributed by atoms with van der Waals surface area (Å²) in [6.07, 6.45) is 2.20. The summed E-state index contributed by atoms with van der Waals surface area (Å²) < 4.78 is 0. The summed E-state index contributed by atoms with van der Waals surface area (Å²) in [6, 6.07) is 12.2. The van der Waals surface area contributed by atoms with Crippen LogP contribution in [0.2, 0.25) is 0 Å². The quantitative estimate of drug-likeness (QED) is 0.811. The van der Waals surface area contributed by atoms with Crippen molar-refractivity contribution in [1.29, 1.82) is 0 Å². The van der Waals surface area contributed by atoms with Gasteiger partial charge in [-0.1, -0.05) is 30.3 Å². The average molecular weight is 344 g/mol. The Labute approximate surface area is 147 Å². The molecular formula is C19H24N2O2S. The number of hydrogen-bond acceptors (Lipinski definition) is 4. The predicted octanol–water partition coefficient (Wildman–Crippen LogP) is 2.43. The molecule has 24 heavy (non-hydrogen) atoms.